The Kier molecular flexibility index (Phi) is 4.37. The molecule has 0 fully saturated rings. The van der Waals surface area contributed by atoms with Crippen LogP contribution in [-0.2, 0) is 6.54 Å². The Morgan fingerprint density at radius 2 is 1.74 bits per heavy atom. The van der Waals surface area contributed by atoms with E-state index >= 15 is 0 Å². The predicted molar refractivity (Wildman–Crippen MR) is 92.0 cm³/mol. The Balaban J connectivity index is 1.89. The zero-order chi connectivity index (χ0) is 16.2. The SMILES string of the molecule is CC(C)Nc1nc(NCc2ccc(F)cc2)c2ccccc2n1. The van der Waals surface area contributed by atoms with Gasteiger partial charge in [-0.2, -0.15) is 4.98 Å². The van der Waals surface area contributed by atoms with Crippen molar-refractivity contribution in [3.63, 3.8) is 0 Å². The number of anilines is 2. The summed E-state index contributed by atoms with van der Waals surface area (Å²) in [6, 6.07) is 14.6. The van der Waals surface area contributed by atoms with Crippen molar-refractivity contribution >= 4 is 22.7 Å². The summed E-state index contributed by atoms with van der Waals surface area (Å²) in [5.41, 5.74) is 1.87. The molecular weight excluding hydrogens is 291 g/mol. The number of hydrogen-bond acceptors (Lipinski definition) is 4. The molecule has 4 nitrogen and oxygen atoms in total. The fourth-order valence-corrected chi connectivity index (χ4v) is 2.32. The molecule has 0 aliphatic carbocycles. The highest BCUT2D eigenvalue weighted by Crippen LogP contribution is 2.22. The van der Waals surface area contributed by atoms with E-state index in [9.17, 15) is 4.39 Å². The van der Waals surface area contributed by atoms with Crippen LogP contribution in [0.3, 0.4) is 0 Å². The normalized spacial score (nSPS) is 11.0. The van der Waals surface area contributed by atoms with Crippen LogP contribution in [-0.4, -0.2) is 16.0 Å². The second kappa shape index (κ2) is 6.60. The second-order valence-electron chi connectivity index (χ2n) is 5.69. The summed E-state index contributed by atoms with van der Waals surface area (Å²) >= 11 is 0. The average molecular weight is 310 g/mol. The maximum Gasteiger partial charge on any atom is 0.225 e. The highest BCUT2D eigenvalue weighted by molar-refractivity contribution is 5.90. The maximum absolute atomic E-state index is 13.0. The first kappa shape index (κ1) is 15.2. The molecule has 0 radical (unpaired) electrons. The Bertz CT molecular complexity index is 800. The molecule has 0 amide bonds. The van der Waals surface area contributed by atoms with Gasteiger partial charge in [-0.05, 0) is 43.7 Å². The van der Waals surface area contributed by atoms with Crippen molar-refractivity contribution in [3.05, 3.63) is 59.9 Å². The average Bonchev–Trinajstić information content (AvgIpc) is 2.53. The van der Waals surface area contributed by atoms with Gasteiger partial charge in [0, 0.05) is 18.0 Å². The van der Waals surface area contributed by atoms with E-state index in [0.29, 0.717) is 12.5 Å². The van der Waals surface area contributed by atoms with Crippen LogP contribution in [0.25, 0.3) is 10.9 Å². The standard InChI is InChI=1S/C18H19FN4/c1-12(2)21-18-22-16-6-4-3-5-15(16)17(23-18)20-11-13-7-9-14(19)10-8-13/h3-10,12H,11H2,1-2H3,(H2,20,21,22,23). The molecule has 3 rings (SSSR count). The van der Waals surface area contributed by atoms with Crippen LogP contribution in [0.4, 0.5) is 16.2 Å². The first-order chi connectivity index (χ1) is 11.1. The Hall–Kier alpha value is -2.69. The molecular formula is C18H19FN4. The van der Waals surface area contributed by atoms with E-state index in [1.165, 1.54) is 12.1 Å². The fourth-order valence-electron chi connectivity index (χ4n) is 2.32. The van der Waals surface area contributed by atoms with Crippen LogP contribution < -0.4 is 10.6 Å². The number of benzene rings is 2. The van der Waals surface area contributed by atoms with Gasteiger partial charge in [0.2, 0.25) is 5.95 Å². The molecule has 1 aromatic heterocycles. The van der Waals surface area contributed by atoms with Crippen molar-refractivity contribution in [1.82, 2.24) is 9.97 Å². The molecule has 0 bridgehead atoms. The lowest BCUT2D eigenvalue weighted by Crippen LogP contribution is -2.14. The van der Waals surface area contributed by atoms with Gasteiger partial charge in [-0.3, -0.25) is 0 Å². The monoisotopic (exact) mass is 310 g/mol. The van der Waals surface area contributed by atoms with Gasteiger partial charge in [-0.15, -0.1) is 0 Å². The summed E-state index contributed by atoms with van der Waals surface area (Å²) in [5.74, 6) is 1.13. The molecule has 2 aromatic carbocycles. The van der Waals surface area contributed by atoms with Crippen molar-refractivity contribution < 1.29 is 4.39 Å². The van der Waals surface area contributed by atoms with E-state index in [-0.39, 0.29) is 11.9 Å². The number of rotatable bonds is 5. The molecule has 0 spiro atoms. The van der Waals surface area contributed by atoms with Gasteiger partial charge in [0.25, 0.3) is 0 Å². The number of fused-ring (bicyclic) bond motifs is 1. The van der Waals surface area contributed by atoms with E-state index in [2.05, 4.69) is 20.6 Å². The van der Waals surface area contributed by atoms with Gasteiger partial charge in [-0.25, -0.2) is 9.37 Å². The third-order valence-electron chi connectivity index (χ3n) is 3.39. The molecule has 0 unspecified atom stereocenters. The largest absolute Gasteiger partial charge is 0.365 e. The van der Waals surface area contributed by atoms with Crippen molar-refractivity contribution in [2.45, 2.75) is 26.4 Å². The minimum atomic E-state index is -0.232. The minimum Gasteiger partial charge on any atom is -0.365 e. The Morgan fingerprint density at radius 3 is 2.48 bits per heavy atom. The predicted octanol–water partition coefficient (Wildman–Crippen LogP) is 4.20. The fraction of sp³-hybridized carbons (Fsp3) is 0.222. The Morgan fingerprint density at radius 1 is 1.00 bits per heavy atom. The first-order valence-corrected chi connectivity index (χ1v) is 7.63. The third kappa shape index (κ3) is 3.74. The number of halogens is 1. The van der Waals surface area contributed by atoms with Gasteiger partial charge in [-0.1, -0.05) is 24.3 Å². The quantitative estimate of drug-likeness (QED) is 0.741. The highest BCUT2D eigenvalue weighted by atomic mass is 19.1. The zero-order valence-corrected chi connectivity index (χ0v) is 13.2. The van der Waals surface area contributed by atoms with E-state index in [4.69, 9.17) is 0 Å². The number of hydrogen-bond donors (Lipinski definition) is 2. The molecule has 5 heteroatoms. The molecule has 23 heavy (non-hydrogen) atoms. The van der Waals surface area contributed by atoms with Gasteiger partial charge in [0.15, 0.2) is 0 Å². The van der Waals surface area contributed by atoms with Crippen LogP contribution >= 0.6 is 0 Å². The summed E-state index contributed by atoms with van der Waals surface area (Å²) in [4.78, 5) is 9.10. The van der Waals surface area contributed by atoms with Crippen LogP contribution in [0.1, 0.15) is 19.4 Å². The molecule has 0 atom stereocenters. The summed E-state index contributed by atoms with van der Waals surface area (Å²) in [6.07, 6.45) is 0. The minimum absolute atomic E-state index is 0.232. The topological polar surface area (TPSA) is 49.8 Å². The summed E-state index contributed by atoms with van der Waals surface area (Å²) in [5, 5.41) is 7.52. The molecule has 0 saturated carbocycles. The van der Waals surface area contributed by atoms with Gasteiger partial charge >= 0.3 is 0 Å². The van der Waals surface area contributed by atoms with Crippen LogP contribution in [0.15, 0.2) is 48.5 Å². The van der Waals surface area contributed by atoms with Crippen LogP contribution in [0.5, 0.6) is 0 Å². The number of nitrogens with zero attached hydrogens (tertiary/aromatic N) is 2. The number of nitrogens with one attached hydrogen (secondary N) is 2. The first-order valence-electron chi connectivity index (χ1n) is 7.63. The highest BCUT2D eigenvalue weighted by Gasteiger charge is 2.08. The molecule has 1 heterocycles. The van der Waals surface area contributed by atoms with Crippen molar-refractivity contribution in [2.75, 3.05) is 10.6 Å². The van der Waals surface area contributed by atoms with E-state index < -0.39 is 0 Å². The molecule has 3 aromatic rings. The smallest absolute Gasteiger partial charge is 0.225 e. The van der Waals surface area contributed by atoms with Gasteiger partial charge in [0.1, 0.15) is 11.6 Å². The molecule has 0 saturated heterocycles. The third-order valence-corrected chi connectivity index (χ3v) is 3.39. The summed E-state index contributed by atoms with van der Waals surface area (Å²) in [6.45, 7) is 4.66. The van der Waals surface area contributed by atoms with Gasteiger partial charge < -0.3 is 10.6 Å². The summed E-state index contributed by atoms with van der Waals surface area (Å²) < 4.78 is 13.0. The molecule has 118 valence electrons. The van der Waals surface area contributed by atoms with E-state index in [1.807, 2.05) is 38.1 Å². The molecule has 2 N–H and O–H groups in total. The van der Waals surface area contributed by atoms with Gasteiger partial charge in [0.05, 0.1) is 5.52 Å². The maximum atomic E-state index is 13.0. The lowest BCUT2D eigenvalue weighted by atomic mass is 10.2. The van der Waals surface area contributed by atoms with E-state index in [0.717, 1.165) is 22.3 Å². The molecule has 0 aliphatic rings. The second-order valence-corrected chi connectivity index (χ2v) is 5.69. The van der Waals surface area contributed by atoms with Crippen LogP contribution in [0, 0.1) is 5.82 Å². The number of para-hydroxylation sites is 1. The van der Waals surface area contributed by atoms with Crippen molar-refractivity contribution in [3.8, 4) is 0 Å². The van der Waals surface area contributed by atoms with Crippen molar-refractivity contribution in [1.29, 1.82) is 0 Å². The lowest BCUT2D eigenvalue weighted by Gasteiger charge is -2.13. The Labute approximate surface area is 134 Å². The molecule has 0 aliphatic heterocycles. The number of aromatic nitrogens is 2. The summed E-state index contributed by atoms with van der Waals surface area (Å²) in [7, 11) is 0. The van der Waals surface area contributed by atoms with E-state index in [1.54, 1.807) is 12.1 Å². The van der Waals surface area contributed by atoms with Crippen molar-refractivity contribution in [2.24, 2.45) is 0 Å². The zero-order valence-electron chi connectivity index (χ0n) is 13.2. The van der Waals surface area contributed by atoms with Crippen LogP contribution in [0.2, 0.25) is 0 Å². The lowest BCUT2D eigenvalue weighted by molar-refractivity contribution is 0.627.